The smallest absolute Gasteiger partial charge is 0.213 e. The van der Waals surface area contributed by atoms with E-state index in [9.17, 15) is 4.79 Å². The number of amides is 1. The molecule has 2 aromatic carbocycles. The fourth-order valence-corrected chi connectivity index (χ4v) is 4.44. The zero-order valence-corrected chi connectivity index (χ0v) is 22.4. The third kappa shape index (κ3) is 6.44. The molecule has 0 spiro atoms. The van der Waals surface area contributed by atoms with E-state index in [1.165, 1.54) is 27.7 Å². The van der Waals surface area contributed by atoms with Crippen molar-refractivity contribution in [1.82, 2.24) is 9.47 Å². The van der Waals surface area contributed by atoms with Crippen molar-refractivity contribution >= 4 is 23.0 Å². The highest BCUT2D eigenvalue weighted by atomic mass is 16.5. The number of nitrogens with zero attached hydrogens (tertiary/aromatic N) is 3. The molecule has 6 nitrogen and oxygen atoms in total. The Morgan fingerprint density at radius 3 is 2.26 bits per heavy atom. The van der Waals surface area contributed by atoms with Gasteiger partial charge in [0, 0.05) is 50.0 Å². The molecular weight excluding hydrogens is 438 g/mol. The second-order valence-corrected chi connectivity index (χ2v) is 10.2. The van der Waals surface area contributed by atoms with Crippen LogP contribution in [0.25, 0.3) is 10.9 Å². The average molecular weight is 480 g/mol. The lowest BCUT2D eigenvalue weighted by molar-refractivity contribution is -0.107. The van der Waals surface area contributed by atoms with Gasteiger partial charge in [-0.1, -0.05) is 45.0 Å². The molecule has 0 bridgehead atoms. The lowest BCUT2D eigenvalue weighted by Crippen LogP contribution is -2.38. The predicted molar refractivity (Wildman–Crippen MR) is 145 cm³/mol. The lowest BCUT2D eigenvalue weighted by Gasteiger charge is -2.27. The number of rotatable bonds is 6. The number of carbonyl (C=O) groups is 1. The Labute approximate surface area is 210 Å². The normalized spacial score (nSPS) is 14.4. The minimum atomic E-state index is 0.165. The van der Waals surface area contributed by atoms with Gasteiger partial charge >= 0.3 is 0 Å². The molecule has 1 amide bonds. The minimum Gasteiger partial charge on any atom is -0.495 e. The van der Waals surface area contributed by atoms with Crippen LogP contribution in [0.2, 0.25) is 0 Å². The van der Waals surface area contributed by atoms with Gasteiger partial charge in [0.1, 0.15) is 5.75 Å². The summed E-state index contributed by atoms with van der Waals surface area (Å²) in [5, 5.41) is 1.30. The van der Waals surface area contributed by atoms with E-state index in [1.54, 1.807) is 19.1 Å². The van der Waals surface area contributed by atoms with Gasteiger partial charge < -0.3 is 18.9 Å². The van der Waals surface area contributed by atoms with Gasteiger partial charge in [0.05, 0.1) is 25.8 Å². The Hall–Kier alpha value is -2.83. The molecule has 1 aliphatic heterocycles. The fraction of sp³-hybridized carbons (Fsp3) is 0.483. The van der Waals surface area contributed by atoms with E-state index >= 15 is 0 Å². The molecule has 0 saturated carbocycles. The number of benzene rings is 2. The van der Waals surface area contributed by atoms with Crippen LogP contribution in [0.15, 0.2) is 42.5 Å². The molecule has 190 valence electrons. The highest BCUT2D eigenvalue weighted by Crippen LogP contribution is 2.32. The van der Waals surface area contributed by atoms with Crippen LogP contribution in [0.4, 0.5) is 5.69 Å². The Bertz CT molecular complexity index is 1110. The van der Waals surface area contributed by atoms with Crippen molar-refractivity contribution in [3.8, 4) is 5.75 Å². The number of morpholine rings is 1. The number of aryl methyl sites for hydroxylation is 1. The van der Waals surface area contributed by atoms with Gasteiger partial charge in [-0.25, -0.2) is 0 Å². The molecule has 6 heteroatoms. The maximum atomic E-state index is 10.5. The van der Waals surface area contributed by atoms with Crippen LogP contribution >= 0.6 is 0 Å². The fourth-order valence-electron chi connectivity index (χ4n) is 4.44. The Kier molecular flexibility index (Phi) is 8.98. The maximum absolute atomic E-state index is 10.5. The van der Waals surface area contributed by atoms with Gasteiger partial charge in [0.15, 0.2) is 0 Å². The first-order valence-electron chi connectivity index (χ1n) is 12.4. The first-order chi connectivity index (χ1) is 16.7. The number of anilines is 1. The van der Waals surface area contributed by atoms with E-state index in [2.05, 4.69) is 68.4 Å². The average Bonchev–Trinajstić information content (AvgIpc) is 3.12. The van der Waals surface area contributed by atoms with E-state index in [0.29, 0.717) is 0 Å². The third-order valence-corrected chi connectivity index (χ3v) is 6.88. The molecule has 0 aliphatic carbocycles. The highest BCUT2D eigenvalue weighted by Gasteiger charge is 2.16. The summed E-state index contributed by atoms with van der Waals surface area (Å²) in [5.74, 6) is 0.964. The number of methoxy groups -OCH3 is 1. The molecule has 2 heterocycles. The number of fused-ring (bicyclic) bond motifs is 1. The van der Waals surface area contributed by atoms with Crippen molar-refractivity contribution in [3.05, 3.63) is 59.3 Å². The van der Waals surface area contributed by atoms with E-state index < -0.39 is 0 Å². The predicted octanol–water partition coefficient (Wildman–Crippen LogP) is 5.18. The van der Waals surface area contributed by atoms with Crippen molar-refractivity contribution in [3.63, 3.8) is 0 Å². The standard InChI is InChI=1S/C17H24N2O2.C12H17NO/c1-13-14(2)19(8-7-18-9-11-21-12-10-18)17-15(13)5-4-6-16(17)20-3;1-12(2,3)10-5-7-11(8-6-10)13(4)9-14/h4-6H,7-12H2,1-3H3;5-9H,1-4H3. The molecule has 4 rings (SSSR count). The summed E-state index contributed by atoms with van der Waals surface area (Å²) >= 11 is 0. The number of aromatic nitrogens is 1. The summed E-state index contributed by atoms with van der Waals surface area (Å²) in [4.78, 5) is 14.5. The van der Waals surface area contributed by atoms with Crippen molar-refractivity contribution in [2.24, 2.45) is 0 Å². The molecule has 1 saturated heterocycles. The van der Waals surface area contributed by atoms with Crippen LogP contribution < -0.4 is 9.64 Å². The van der Waals surface area contributed by atoms with Gasteiger partial charge in [-0.05, 0) is 48.6 Å². The van der Waals surface area contributed by atoms with E-state index in [0.717, 1.165) is 57.2 Å². The summed E-state index contributed by atoms with van der Waals surface area (Å²) in [5.41, 5.74) is 6.28. The van der Waals surface area contributed by atoms with Gasteiger partial charge in [0.25, 0.3) is 0 Å². The van der Waals surface area contributed by atoms with Crippen molar-refractivity contribution in [2.75, 3.05) is 51.9 Å². The summed E-state index contributed by atoms with van der Waals surface area (Å²) < 4.78 is 13.4. The zero-order chi connectivity index (χ0) is 25.6. The van der Waals surface area contributed by atoms with E-state index in [1.807, 2.05) is 18.2 Å². The minimum absolute atomic E-state index is 0.165. The topological polar surface area (TPSA) is 46.9 Å². The van der Waals surface area contributed by atoms with Crippen LogP contribution in [0.1, 0.15) is 37.6 Å². The molecule has 0 atom stereocenters. The number of hydrogen-bond donors (Lipinski definition) is 0. The molecule has 1 aliphatic rings. The van der Waals surface area contributed by atoms with Crippen LogP contribution in [-0.2, 0) is 21.5 Å². The molecule has 1 aromatic heterocycles. The molecule has 0 unspecified atom stereocenters. The molecule has 1 fully saturated rings. The Balaban J connectivity index is 0.000000214. The van der Waals surface area contributed by atoms with E-state index in [-0.39, 0.29) is 5.41 Å². The van der Waals surface area contributed by atoms with Crippen LogP contribution in [0, 0.1) is 13.8 Å². The summed E-state index contributed by atoms with van der Waals surface area (Å²) in [6, 6.07) is 14.4. The Morgan fingerprint density at radius 1 is 1.03 bits per heavy atom. The summed E-state index contributed by atoms with van der Waals surface area (Å²) in [6.45, 7) is 16.8. The number of para-hydroxylation sites is 1. The molecular formula is C29H41N3O3. The van der Waals surface area contributed by atoms with Crippen LogP contribution in [0.3, 0.4) is 0 Å². The third-order valence-electron chi connectivity index (χ3n) is 6.88. The van der Waals surface area contributed by atoms with Crippen molar-refractivity contribution in [2.45, 2.75) is 46.6 Å². The molecule has 0 radical (unpaired) electrons. The van der Waals surface area contributed by atoms with Gasteiger partial charge in [0.2, 0.25) is 6.41 Å². The monoisotopic (exact) mass is 479 g/mol. The second kappa shape index (κ2) is 11.7. The molecule has 0 N–H and O–H groups in total. The summed E-state index contributed by atoms with van der Waals surface area (Å²) in [7, 11) is 3.50. The van der Waals surface area contributed by atoms with Gasteiger partial charge in [-0.15, -0.1) is 0 Å². The SMILES string of the molecule is CN(C=O)c1ccc(C(C)(C)C)cc1.COc1cccc2c(C)c(C)n(CCN3CCOCC3)c12. The zero-order valence-electron chi connectivity index (χ0n) is 22.4. The van der Waals surface area contributed by atoms with Crippen LogP contribution in [-0.4, -0.2) is 62.9 Å². The second-order valence-electron chi connectivity index (χ2n) is 10.2. The lowest BCUT2D eigenvalue weighted by atomic mass is 9.87. The molecule has 3 aromatic rings. The Morgan fingerprint density at radius 2 is 1.69 bits per heavy atom. The van der Waals surface area contributed by atoms with Crippen molar-refractivity contribution < 1.29 is 14.3 Å². The summed E-state index contributed by atoms with van der Waals surface area (Å²) in [6.07, 6.45) is 0.812. The quantitative estimate of drug-likeness (QED) is 0.457. The van der Waals surface area contributed by atoms with Crippen LogP contribution in [0.5, 0.6) is 5.75 Å². The van der Waals surface area contributed by atoms with Gasteiger partial charge in [-0.3, -0.25) is 9.69 Å². The first kappa shape index (κ1) is 26.8. The maximum Gasteiger partial charge on any atom is 0.213 e. The van der Waals surface area contributed by atoms with E-state index in [4.69, 9.17) is 9.47 Å². The van der Waals surface area contributed by atoms with Crippen molar-refractivity contribution in [1.29, 1.82) is 0 Å². The molecule has 35 heavy (non-hydrogen) atoms. The number of hydrogen-bond acceptors (Lipinski definition) is 4. The first-order valence-corrected chi connectivity index (χ1v) is 12.4. The van der Waals surface area contributed by atoms with Gasteiger partial charge in [-0.2, -0.15) is 0 Å². The number of carbonyl (C=O) groups excluding carboxylic acids is 1. The largest absolute Gasteiger partial charge is 0.495 e. The number of ether oxygens (including phenoxy) is 2. The highest BCUT2D eigenvalue weighted by molar-refractivity contribution is 5.90.